The van der Waals surface area contributed by atoms with E-state index in [9.17, 15) is 4.79 Å². The summed E-state index contributed by atoms with van der Waals surface area (Å²) in [7, 11) is 0. The summed E-state index contributed by atoms with van der Waals surface area (Å²) < 4.78 is 5.66. The Morgan fingerprint density at radius 3 is 2.00 bits per heavy atom. The largest absolute Gasteiger partial charge is 0.459 e. The molecule has 0 saturated heterocycles. The molecular formula is C22H42O2. The smallest absolute Gasteiger partial charge is 0.330 e. The Labute approximate surface area is 151 Å². The molecule has 0 fully saturated rings. The highest BCUT2D eigenvalue weighted by Gasteiger charge is 2.22. The fourth-order valence-corrected chi connectivity index (χ4v) is 3.31. The van der Waals surface area contributed by atoms with Gasteiger partial charge in [0.25, 0.3) is 0 Å². The first kappa shape index (κ1) is 23.2. The van der Waals surface area contributed by atoms with Crippen molar-refractivity contribution in [3.63, 3.8) is 0 Å². The number of ether oxygens (including phenoxy) is 1. The highest BCUT2D eigenvalue weighted by Crippen LogP contribution is 2.24. The lowest BCUT2D eigenvalue weighted by Crippen LogP contribution is -2.26. The molecule has 0 amide bonds. The zero-order valence-electron chi connectivity index (χ0n) is 16.8. The van der Waals surface area contributed by atoms with Gasteiger partial charge in [-0.25, -0.2) is 4.79 Å². The number of esters is 1. The predicted octanol–water partition coefficient (Wildman–Crippen LogP) is 7.08. The summed E-state index contributed by atoms with van der Waals surface area (Å²) >= 11 is 0. The average Bonchev–Trinajstić information content (AvgIpc) is 2.56. The molecule has 142 valence electrons. The molecule has 0 aliphatic rings. The Morgan fingerprint density at radius 1 is 0.917 bits per heavy atom. The molecule has 0 radical (unpaired) electrons. The number of hydrogen-bond donors (Lipinski definition) is 0. The standard InChI is InChI=1S/C22H42O2/c1-6-9-17-20(7-2)21(24-22(23)8-3)18-15-13-11-10-12-14-16-19(4)5/h8,19-21H,3,6-7,9-18H2,1-2,4-5H3. The second kappa shape index (κ2) is 15.7. The van der Waals surface area contributed by atoms with Gasteiger partial charge >= 0.3 is 5.97 Å². The van der Waals surface area contributed by atoms with Gasteiger partial charge in [-0.3, -0.25) is 0 Å². The van der Waals surface area contributed by atoms with Gasteiger partial charge in [0.15, 0.2) is 0 Å². The minimum atomic E-state index is -0.261. The zero-order chi connectivity index (χ0) is 18.2. The molecule has 0 spiro atoms. The third-order valence-electron chi connectivity index (χ3n) is 4.93. The van der Waals surface area contributed by atoms with Crippen molar-refractivity contribution in [1.82, 2.24) is 0 Å². The molecule has 0 heterocycles. The second-order valence-electron chi connectivity index (χ2n) is 7.58. The van der Waals surface area contributed by atoms with Crippen LogP contribution in [0.25, 0.3) is 0 Å². The lowest BCUT2D eigenvalue weighted by Gasteiger charge is -2.26. The predicted molar refractivity (Wildman–Crippen MR) is 105 cm³/mol. The molecular weight excluding hydrogens is 296 g/mol. The zero-order valence-corrected chi connectivity index (χ0v) is 16.8. The van der Waals surface area contributed by atoms with Gasteiger partial charge in [-0.15, -0.1) is 0 Å². The monoisotopic (exact) mass is 338 g/mol. The summed E-state index contributed by atoms with van der Waals surface area (Å²) in [5.74, 6) is 1.07. The van der Waals surface area contributed by atoms with Crippen molar-refractivity contribution in [2.75, 3.05) is 0 Å². The first-order valence-corrected chi connectivity index (χ1v) is 10.4. The van der Waals surface area contributed by atoms with Gasteiger partial charge in [-0.05, 0) is 37.5 Å². The van der Waals surface area contributed by atoms with E-state index in [4.69, 9.17) is 4.74 Å². The number of carbonyl (C=O) groups excluding carboxylic acids is 1. The number of hydrogen-bond acceptors (Lipinski definition) is 2. The van der Waals surface area contributed by atoms with Crippen molar-refractivity contribution in [3.8, 4) is 0 Å². The van der Waals surface area contributed by atoms with Gasteiger partial charge < -0.3 is 4.74 Å². The van der Waals surface area contributed by atoms with E-state index in [1.165, 1.54) is 63.9 Å². The van der Waals surface area contributed by atoms with Crippen LogP contribution in [0.4, 0.5) is 0 Å². The van der Waals surface area contributed by atoms with E-state index in [2.05, 4.69) is 34.3 Å². The molecule has 0 aromatic carbocycles. The van der Waals surface area contributed by atoms with Crippen molar-refractivity contribution in [3.05, 3.63) is 12.7 Å². The summed E-state index contributed by atoms with van der Waals surface area (Å²) in [6.07, 6.45) is 16.2. The Balaban J connectivity index is 4.07. The second-order valence-corrected chi connectivity index (χ2v) is 7.58. The number of carbonyl (C=O) groups is 1. The van der Waals surface area contributed by atoms with Crippen molar-refractivity contribution >= 4 is 5.97 Å². The summed E-state index contributed by atoms with van der Waals surface area (Å²) in [6, 6.07) is 0. The minimum absolute atomic E-state index is 0.0768. The highest BCUT2D eigenvalue weighted by molar-refractivity contribution is 5.81. The summed E-state index contributed by atoms with van der Waals surface area (Å²) in [4.78, 5) is 11.6. The maximum atomic E-state index is 11.6. The lowest BCUT2D eigenvalue weighted by molar-refractivity contribution is -0.146. The van der Waals surface area contributed by atoms with Crippen LogP contribution in [0.5, 0.6) is 0 Å². The Kier molecular flexibility index (Phi) is 15.2. The van der Waals surface area contributed by atoms with Gasteiger partial charge in [-0.2, -0.15) is 0 Å². The van der Waals surface area contributed by atoms with E-state index in [1.807, 2.05) is 0 Å². The molecule has 0 saturated carbocycles. The molecule has 0 N–H and O–H groups in total. The topological polar surface area (TPSA) is 26.3 Å². The average molecular weight is 339 g/mol. The van der Waals surface area contributed by atoms with Crippen LogP contribution >= 0.6 is 0 Å². The quantitative estimate of drug-likeness (QED) is 0.171. The first-order valence-electron chi connectivity index (χ1n) is 10.4. The van der Waals surface area contributed by atoms with Crippen LogP contribution in [-0.2, 0) is 9.53 Å². The van der Waals surface area contributed by atoms with Gasteiger partial charge in [0, 0.05) is 6.08 Å². The third kappa shape index (κ3) is 12.6. The SMILES string of the molecule is C=CC(=O)OC(CCCCCCCCC(C)C)C(CC)CCCC. The van der Waals surface area contributed by atoms with Crippen LogP contribution in [0, 0.1) is 11.8 Å². The third-order valence-corrected chi connectivity index (χ3v) is 4.93. The Hall–Kier alpha value is -0.790. The van der Waals surface area contributed by atoms with Crippen molar-refractivity contribution in [1.29, 1.82) is 0 Å². The highest BCUT2D eigenvalue weighted by atomic mass is 16.5. The molecule has 0 aliphatic heterocycles. The van der Waals surface area contributed by atoms with E-state index >= 15 is 0 Å². The van der Waals surface area contributed by atoms with E-state index < -0.39 is 0 Å². The first-order chi connectivity index (χ1) is 11.5. The van der Waals surface area contributed by atoms with Crippen LogP contribution in [-0.4, -0.2) is 12.1 Å². The van der Waals surface area contributed by atoms with Crippen LogP contribution in [0.2, 0.25) is 0 Å². The molecule has 2 heteroatoms. The summed E-state index contributed by atoms with van der Waals surface area (Å²) in [5.41, 5.74) is 0. The van der Waals surface area contributed by atoms with E-state index in [1.54, 1.807) is 0 Å². The minimum Gasteiger partial charge on any atom is -0.459 e. The van der Waals surface area contributed by atoms with Crippen LogP contribution in [0.15, 0.2) is 12.7 Å². The molecule has 0 aromatic heterocycles. The van der Waals surface area contributed by atoms with Crippen molar-refractivity contribution < 1.29 is 9.53 Å². The van der Waals surface area contributed by atoms with Crippen molar-refractivity contribution in [2.45, 2.75) is 111 Å². The number of rotatable bonds is 16. The Bertz CT molecular complexity index is 309. The van der Waals surface area contributed by atoms with Gasteiger partial charge in [0.2, 0.25) is 0 Å². The Morgan fingerprint density at radius 2 is 1.50 bits per heavy atom. The number of unbranched alkanes of at least 4 members (excludes halogenated alkanes) is 6. The van der Waals surface area contributed by atoms with Gasteiger partial charge in [0.05, 0.1) is 0 Å². The summed E-state index contributed by atoms with van der Waals surface area (Å²) in [6.45, 7) is 12.6. The molecule has 0 bridgehead atoms. The van der Waals surface area contributed by atoms with Crippen LogP contribution in [0.1, 0.15) is 105 Å². The molecule has 0 aromatic rings. The molecule has 2 nitrogen and oxygen atoms in total. The van der Waals surface area contributed by atoms with Crippen molar-refractivity contribution in [2.24, 2.45) is 11.8 Å². The molecule has 0 aliphatic carbocycles. The van der Waals surface area contributed by atoms with E-state index in [0.717, 1.165) is 25.2 Å². The fraction of sp³-hybridized carbons (Fsp3) is 0.864. The van der Waals surface area contributed by atoms with E-state index in [0.29, 0.717) is 5.92 Å². The van der Waals surface area contributed by atoms with Crippen LogP contribution < -0.4 is 0 Å². The normalized spacial score (nSPS) is 13.7. The molecule has 2 atom stereocenters. The maximum Gasteiger partial charge on any atom is 0.330 e. The lowest BCUT2D eigenvalue weighted by atomic mass is 9.90. The van der Waals surface area contributed by atoms with Gasteiger partial charge in [0.1, 0.15) is 6.10 Å². The maximum absolute atomic E-state index is 11.6. The molecule has 0 rings (SSSR count). The van der Waals surface area contributed by atoms with E-state index in [-0.39, 0.29) is 12.1 Å². The molecule has 24 heavy (non-hydrogen) atoms. The van der Waals surface area contributed by atoms with Gasteiger partial charge in [-0.1, -0.05) is 85.6 Å². The molecule has 2 unspecified atom stereocenters. The fourth-order valence-electron chi connectivity index (χ4n) is 3.31. The van der Waals surface area contributed by atoms with Crippen LogP contribution in [0.3, 0.4) is 0 Å². The summed E-state index contributed by atoms with van der Waals surface area (Å²) in [5, 5.41) is 0.